The molecule has 0 bridgehead atoms. The molecule has 0 spiro atoms. The molecule has 0 aliphatic carbocycles. The monoisotopic (exact) mass is 807 g/mol. The summed E-state index contributed by atoms with van der Waals surface area (Å²) < 4.78 is 16.9. The van der Waals surface area contributed by atoms with Gasteiger partial charge in [-0.1, -0.05) is 39.8 Å². The topological polar surface area (TPSA) is 231 Å². The quantitative estimate of drug-likeness (QED) is 0.135. The minimum absolute atomic E-state index is 0.0113. The van der Waals surface area contributed by atoms with Gasteiger partial charge in [-0.05, 0) is 58.3 Å². The van der Waals surface area contributed by atoms with Gasteiger partial charge in [0.1, 0.15) is 54.7 Å². The number of rotatable bonds is 9. The fraction of sp³-hybridized carbons (Fsp3) is 0.737. The highest BCUT2D eigenvalue weighted by Gasteiger charge is 2.44. The number of hydroxylamine groups is 2. The number of carbonyl (C=O) groups is 8. The Morgan fingerprint density at radius 1 is 0.860 bits per heavy atom. The Kier molecular flexibility index (Phi) is 17.9. The minimum Gasteiger partial charge on any atom is -0.444 e. The maximum Gasteiger partial charge on any atom is 0.410 e. The minimum atomic E-state index is -1.29. The summed E-state index contributed by atoms with van der Waals surface area (Å²) in [5.74, 6) is -4.83. The second kappa shape index (κ2) is 21.8. The van der Waals surface area contributed by atoms with Gasteiger partial charge < -0.3 is 45.2 Å². The van der Waals surface area contributed by atoms with Crippen LogP contribution in [0.15, 0.2) is 12.2 Å². The van der Waals surface area contributed by atoms with E-state index in [2.05, 4.69) is 21.3 Å². The first kappa shape index (κ1) is 46.8. The van der Waals surface area contributed by atoms with Crippen molar-refractivity contribution in [2.24, 2.45) is 11.8 Å². The fourth-order valence-corrected chi connectivity index (χ4v) is 6.65. The molecule has 0 aromatic heterocycles. The highest BCUT2D eigenvalue weighted by atomic mass is 16.7. The molecule has 2 saturated heterocycles. The number of amides is 7. The van der Waals surface area contributed by atoms with E-state index in [4.69, 9.17) is 19.0 Å². The lowest BCUT2D eigenvalue weighted by atomic mass is 9.99. The Balaban J connectivity index is 1.83. The Labute approximate surface area is 334 Å². The summed E-state index contributed by atoms with van der Waals surface area (Å²) in [6.45, 7) is 11.6. The Morgan fingerprint density at radius 3 is 1.96 bits per heavy atom. The van der Waals surface area contributed by atoms with Gasteiger partial charge in [0.05, 0.1) is 33.5 Å². The van der Waals surface area contributed by atoms with Crippen LogP contribution in [0.2, 0.25) is 0 Å². The smallest absolute Gasteiger partial charge is 0.410 e. The largest absolute Gasteiger partial charge is 0.444 e. The van der Waals surface area contributed by atoms with E-state index in [9.17, 15) is 38.4 Å². The van der Waals surface area contributed by atoms with Crippen molar-refractivity contribution in [2.45, 2.75) is 116 Å². The van der Waals surface area contributed by atoms with E-state index in [0.717, 1.165) is 5.06 Å². The number of nitrogens with one attached hydrogen (secondary N) is 4. The molecule has 3 rings (SSSR count). The van der Waals surface area contributed by atoms with Crippen molar-refractivity contribution in [2.75, 3.05) is 53.2 Å². The van der Waals surface area contributed by atoms with Crippen molar-refractivity contribution >= 4 is 47.8 Å². The molecule has 57 heavy (non-hydrogen) atoms. The lowest BCUT2D eigenvalue weighted by molar-refractivity contribution is -0.180. The lowest BCUT2D eigenvalue weighted by Crippen LogP contribution is -2.62. The highest BCUT2D eigenvalue weighted by Crippen LogP contribution is 2.26. The van der Waals surface area contributed by atoms with Gasteiger partial charge >= 0.3 is 6.09 Å². The van der Waals surface area contributed by atoms with Crippen molar-refractivity contribution in [3.05, 3.63) is 12.2 Å². The highest BCUT2D eigenvalue weighted by molar-refractivity contribution is 5.97. The van der Waals surface area contributed by atoms with Crippen molar-refractivity contribution in [3.63, 3.8) is 0 Å². The van der Waals surface area contributed by atoms with Crippen LogP contribution in [0, 0.1) is 11.8 Å². The zero-order chi connectivity index (χ0) is 42.4. The van der Waals surface area contributed by atoms with Gasteiger partial charge in [0.25, 0.3) is 5.91 Å². The van der Waals surface area contributed by atoms with Crippen LogP contribution in [0.4, 0.5) is 4.79 Å². The average Bonchev–Trinajstić information content (AvgIpc) is 3.84. The van der Waals surface area contributed by atoms with Crippen LogP contribution < -0.4 is 21.3 Å². The molecule has 6 atom stereocenters. The summed E-state index contributed by atoms with van der Waals surface area (Å²) >= 11 is 0. The van der Waals surface area contributed by atoms with Crippen LogP contribution in [0.3, 0.4) is 0 Å². The van der Waals surface area contributed by atoms with Crippen molar-refractivity contribution in [1.82, 2.24) is 36.1 Å². The molecule has 320 valence electrons. The second-order valence-electron chi connectivity index (χ2n) is 15.9. The Morgan fingerprint density at radius 2 is 1.40 bits per heavy atom. The first-order chi connectivity index (χ1) is 26.9. The van der Waals surface area contributed by atoms with Crippen molar-refractivity contribution < 1.29 is 57.4 Å². The Hall–Kier alpha value is -4.62. The molecule has 0 saturated carbocycles. The van der Waals surface area contributed by atoms with E-state index in [0.29, 0.717) is 38.5 Å². The van der Waals surface area contributed by atoms with E-state index in [-0.39, 0.29) is 38.9 Å². The van der Waals surface area contributed by atoms with Crippen LogP contribution in [-0.4, -0.2) is 158 Å². The molecule has 2 unspecified atom stereocenters. The molecule has 0 radical (unpaired) electrons. The molecule has 0 aromatic carbocycles. The van der Waals surface area contributed by atoms with E-state index in [1.54, 1.807) is 60.6 Å². The number of carbonyl (C=O) groups excluding carboxylic acids is 8. The Bertz CT molecular complexity index is 1480. The number of nitrogens with zero attached hydrogens (tertiary/aromatic N) is 3. The molecule has 4 N–H and O–H groups in total. The molecule has 19 nitrogen and oxygen atoms in total. The summed E-state index contributed by atoms with van der Waals surface area (Å²) in [4.78, 5) is 114. The van der Waals surface area contributed by atoms with E-state index in [1.807, 2.05) is 0 Å². The average molecular weight is 808 g/mol. The van der Waals surface area contributed by atoms with Crippen LogP contribution >= 0.6 is 0 Å². The van der Waals surface area contributed by atoms with Crippen LogP contribution in [-0.2, 0) is 52.6 Å². The molecule has 2 fully saturated rings. The van der Waals surface area contributed by atoms with Crippen LogP contribution in [0.25, 0.3) is 0 Å². The molecule has 0 aromatic rings. The lowest BCUT2D eigenvalue weighted by Gasteiger charge is -2.33. The number of aldehydes is 1. The predicted molar refractivity (Wildman–Crippen MR) is 204 cm³/mol. The maximum atomic E-state index is 13.9. The summed E-state index contributed by atoms with van der Waals surface area (Å²) in [5, 5.41) is 11.5. The molecular formula is C38H61N7O12. The third kappa shape index (κ3) is 13.5. The summed E-state index contributed by atoms with van der Waals surface area (Å²) in [5.41, 5.74) is -0.754. The van der Waals surface area contributed by atoms with E-state index >= 15 is 0 Å². The number of hydrogen-bond acceptors (Lipinski definition) is 12. The number of likely N-dealkylation sites (tertiary alicyclic amines) is 2. The standard InChI is InChI=1S/C38H61N7O12/c1-23(2)29-33(49)40-26(35(51)45(54-8)17-18-46)22-56-20-10-9-19-55-21-25(31(47)41-30(24(3)4)34(50)42-29)39-32(48)27-13-11-15-43(27)36(52)28-14-12-16-44(28)37(53)57-38(5,6)7/h9-10,18,23-30H,11-17,19-22H2,1-8H3,(H,39,48)(H,40,49)(H,41,47)(H,42,50)/t25-,26-,27?,28?,29-,30-/m0/s1. The number of hydrogen-bond donors (Lipinski definition) is 4. The molecule has 7 amide bonds. The molecule has 3 heterocycles. The van der Waals surface area contributed by atoms with Gasteiger partial charge in [0.2, 0.25) is 29.5 Å². The van der Waals surface area contributed by atoms with E-state index < -0.39 is 95.9 Å². The SMILES string of the molecule is CON(CC=O)C(=O)[C@@H]1COCC=CCOC[C@H](NC(=O)C2CCCN2C(=O)C2CCCN2C(=O)OC(C)(C)C)C(=O)N[C@@H](C(C)C)C(=O)N[C@@H](C(C)C)C(=O)N1. The van der Waals surface area contributed by atoms with Gasteiger partial charge in [-0.15, -0.1) is 0 Å². The van der Waals surface area contributed by atoms with Crippen LogP contribution in [0.1, 0.15) is 74.1 Å². The summed E-state index contributed by atoms with van der Waals surface area (Å²) in [6, 6.07) is -6.62. The van der Waals surface area contributed by atoms with Crippen molar-refractivity contribution in [3.8, 4) is 0 Å². The third-order valence-corrected chi connectivity index (χ3v) is 9.62. The van der Waals surface area contributed by atoms with Crippen LogP contribution in [0.5, 0.6) is 0 Å². The predicted octanol–water partition coefficient (Wildman–Crippen LogP) is -0.180. The van der Waals surface area contributed by atoms with Gasteiger partial charge in [-0.2, -0.15) is 0 Å². The normalized spacial score (nSPS) is 25.9. The van der Waals surface area contributed by atoms with Gasteiger partial charge in [0, 0.05) is 13.1 Å². The zero-order valence-corrected chi connectivity index (χ0v) is 34.4. The fourth-order valence-electron chi connectivity index (χ4n) is 6.65. The van der Waals surface area contributed by atoms with Gasteiger partial charge in [-0.25, -0.2) is 9.86 Å². The van der Waals surface area contributed by atoms with E-state index in [1.165, 1.54) is 16.9 Å². The molecule has 3 aliphatic rings. The second-order valence-corrected chi connectivity index (χ2v) is 15.9. The summed E-state index contributed by atoms with van der Waals surface area (Å²) in [6.07, 6.45) is 4.94. The zero-order valence-electron chi connectivity index (χ0n) is 34.4. The third-order valence-electron chi connectivity index (χ3n) is 9.62. The maximum absolute atomic E-state index is 13.9. The first-order valence-electron chi connectivity index (χ1n) is 19.5. The first-order valence-corrected chi connectivity index (χ1v) is 19.5. The molecule has 19 heteroatoms. The van der Waals surface area contributed by atoms with Gasteiger partial charge in [-0.3, -0.25) is 38.5 Å². The van der Waals surface area contributed by atoms with Crippen molar-refractivity contribution in [1.29, 1.82) is 0 Å². The van der Waals surface area contributed by atoms with Gasteiger partial charge in [0.15, 0.2) is 0 Å². The summed E-state index contributed by atoms with van der Waals surface area (Å²) in [7, 11) is 1.20. The molecular weight excluding hydrogens is 746 g/mol. The molecule has 3 aliphatic heterocycles. The number of ether oxygens (including phenoxy) is 3.